The monoisotopic (exact) mass is 247 g/mol. The fraction of sp³-hybridized carbons (Fsp3) is 0.600. The highest BCUT2D eigenvalue weighted by Crippen LogP contribution is 2.32. The van der Waals surface area contributed by atoms with Gasteiger partial charge in [-0.15, -0.1) is 0 Å². The Labute approximate surface area is 108 Å². The third-order valence-corrected chi connectivity index (χ3v) is 3.93. The summed E-state index contributed by atoms with van der Waals surface area (Å²) in [5.41, 5.74) is 1.33. The van der Waals surface area contributed by atoms with Gasteiger partial charge in [-0.3, -0.25) is 0 Å². The van der Waals surface area contributed by atoms with Crippen molar-refractivity contribution < 1.29 is 9.47 Å². The minimum atomic E-state index is 0.360. The number of hydrogen-bond acceptors (Lipinski definition) is 3. The molecule has 1 aliphatic heterocycles. The van der Waals surface area contributed by atoms with Crippen molar-refractivity contribution in [1.29, 1.82) is 0 Å². The minimum absolute atomic E-state index is 0.360. The van der Waals surface area contributed by atoms with E-state index in [0.29, 0.717) is 12.8 Å². The van der Waals surface area contributed by atoms with Crippen molar-refractivity contribution in [1.82, 2.24) is 5.32 Å². The fourth-order valence-electron chi connectivity index (χ4n) is 2.54. The molecule has 0 bridgehead atoms. The van der Waals surface area contributed by atoms with Gasteiger partial charge in [0.1, 0.15) is 0 Å². The normalized spacial score (nSPS) is 19.6. The number of aryl methyl sites for hydroxylation is 1. The third-order valence-electron chi connectivity index (χ3n) is 3.93. The Morgan fingerprint density at radius 1 is 1.28 bits per heavy atom. The summed E-state index contributed by atoms with van der Waals surface area (Å²) in [6.07, 6.45) is 6.38. The smallest absolute Gasteiger partial charge is 0.231 e. The Bertz CT molecular complexity index is 415. The molecule has 18 heavy (non-hydrogen) atoms. The molecule has 1 aromatic carbocycles. The molecular weight excluding hydrogens is 226 g/mol. The second kappa shape index (κ2) is 5.19. The lowest BCUT2D eigenvalue weighted by Crippen LogP contribution is -2.41. The van der Waals surface area contributed by atoms with Gasteiger partial charge in [-0.1, -0.05) is 12.5 Å². The highest BCUT2D eigenvalue weighted by molar-refractivity contribution is 5.44. The molecule has 1 heterocycles. The van der Waals surface area contributed by atoms with Crippen molar-refractivity contribution >= 4 is 0 Å². The molecule has 1 unspecified atom stereocenters. The maximum atomic E-state index is 5.40. The van der Waals surface area contributed by atoms with E-state index in [1.807, 2.05) is 6.07 Å². The van der Waals surface area contributed by atoms with Crippen LogP contribution in [-0.4, -0.2) is 18.9 Å². The van der Waals surface area contributed by atoms with Crippen LogP contribution in [0.4, 0.5) is 0 Å². The van der Waals surface area contributed by atoms with Crippen LogP contribution in [0.5, 0.6) is 11.5 Å². The van der Waals surface area contributed by atoms with Gasteiger partial charge in [-0.2, -0.15) is 0 Å². The SMILES string of the molecule is CC(CCc1ccc2c(c1)OCO2)NC1CCC1. The quantitative estimate of drug-likeness (QED) is 0.868. The number of ether oxygens (including phenoxy) is 2. The van der Waals surface area contributed by atoms with E-state index in [4.69, 9.17) is 9.47 Å². The summed E-state index contributed by atoms with van der Waals surface area (Å²) in [5, 5.41) is 3.68. The van der Waals surface area contributed by atoms with Crippen LogP contribution in [0.25, 0.3) is 0 Å². The second-order valence-corrected chi connectivity index (χ2v) is 5.42. The fourth-order valence-corrected chi connectivity index (χ4v) is 2.54. The number of nitrogens with one attached hydrogen (secondary N) is 1. The highest BCUT2D eigenvalue weighted by Gasteiger charge is 2.19. The zero-order valence-electron chi connectivity index (χ0n) is 10.9. The minimum Gasteiger partial charge on any atom is -0.454 e. The first-order chi connectivity index (χ1) is 8.81. The summed E-state index contributed by atoms with van der Waals surface area (Å²) in [6.45, 7) is 2.64. The zero-order valence-corrected chi connectivity index (χ0v) is 10.9. The maximum Gasteiger partial charge on any atom is 0.231 e. The average Bonchev–Trinajstić information content (AvgIpc) is 2.78. The van der Waals surface area contributed by atoms with E-state index < -0.39 is 0 Å². The van der Waals surface area contributed by atoms with Crippen LogP contribution in [0.3, 0.4) is 0 Å². The summed E-state index contributed by atoms with van der Waals surface area (Å²) >= 11 is 0. The van der Waals surface area contributed by atoms with Gasteiger partial charge in [-0.25, -0.2) is 0 Å². The molecule has 98 valence electrons. The van der Waals surface area contributed by atoms with Crippen LogP contribution < -0.4 is 14.8 Å². The van der Waals surface area contributed by atoms with Gasteiger partial charge in [0.15, 0.2) is 11.5 Å². The molecule has 2 aliphatic rings. The van der Waals surface area contributed by atoms with Crippen LogP contribution >= 0.6 is 0 Å². The first-order valence-corrected chi connectivity index (χ1v) is 6.96. The van der Waals surface area contributed by atoms with Crippen molar-refractivity contribution in [3.05, 3.63) is 23.8 Å². The summed E-state index contributed by atoms with van der Waals surface area (Å²) in [4.78, 5) is 0. The lowest BCUT2D eigenvalue weighted by molar-refractivity contribution is 0.174. The first kappa shape index (κ1) is 11.8. The standard InChI is InChI=1S/C15H21NO2/c1-11(16-13-3-2-4-13)5-6-12-7-8-14-15(9-12)18-10-17-14/h7-9,11,13,16H,2-6,10H2,1H3. The Morgan fingerprint density at radius 2 is 2.11 bits per heavy atom. The van der Waals surface area contributed by atoms with E-state index in [-0.39, 0.29) is 0 Å². The van der Waals surface area contributed by atoms with E-state index in [9.17, 15) is 0 Å². The van der Waals surface area contributed by atoms with Crippen LogP contribution in [0, 0.1) is 0 Å². The molecule has 3 rings (SSSR count). The van der Waals surface area contributed by atoms with Gasteiger partial charge in [0.05, 0.1) is 0 Å². The third kappa shape index (κ3) is 2.61. The Balaban J connectivity index is 1.50. The molecule has 1 N–H and O–H groups in total. The Morgan fingerprint density at radius 3 is 2.89 bits per heavy atom. The van der Waals surface area contributed by atoms with Gasteiger partial charge in [0.2, 0.25) is 6.79 Å². The molecule has 1 aliphatic carbocycles. The summed E-state index contributed by atoms with van der Waals surface area (Å²) in [6, 6.07) is 7.64. The average molecular weight is 247 g/mol. The van der Waals surface area contributed by atoms with Gasteiger partial charge >= 0.3 is 0 Å². The molecule has 0 saturated heterocycles. The zero-order chi connectivity index (χ0) is 12.4. The van der Waals surface area contributed by atoms with Gasteiger partial charge < -0.3 is 14.8 Å². The first-order valence-electron chi connectivity index (χ1n) is 6.96. The van der Waals surface area contributed by atoms with Crippen molar-refractivity contribution in [2.75, 3.05) is 6.79 Å². The second-order valence-electron chi connectivity index (χ2n) is 5.42. The molecule has 0 aromatic heterocycles. The van der Waals surface area contributed by atoms with E-state index in [2.05, 4.69) is 24.4 Å². The Kier molecular flexibility index (Phi) is 3.41. The predicted molar refractivity (Wildman–Crippen MR) is 71.1 cm³/mol. The number of fused-ring (bicyclic) bond motifs is 1. The van der Waals surface area contributed by atoms with Crippen LogP contribution in [-0.2, 0) is 6.42 Å². The van der Waals surface area contributed by atoms with Crippen molar-refractivity contribution in [3.63, 3.8) is 0 Å². The molecule has 1 atom stereocenters. The van der Waals surface area contributed by atoms with Crippen LogP contribution in [0.15, 0.2) is 18.2 Å². The molecule has 0 amide bonds. The van der Waals surface area contributed by atoms with Crippen molar-refractivity contribution in [2.45, 2.75) is 51.1 Å². The molecule has 3 nitrogen and oxygen atoms in total. The van der Waals surface area contributed by atoms with E-state index in [1.165, 1.54) is 31.2 Å². The van der Waals surface area contributed by atoms with Crippen molar-refractivity contribution in [3.8, 4) is 11.5 Å². The number of benzene rings is 1. The van der Waals surface area contributed by atoms with Gasteiger partial charge in [-0.05, 0) is 50.3 Å². The molecule has 1 aromatic rings. The Hall–Kier alpha value is -1.22. The van der Waals surface area contributed by atoms with E-state index in [0.717, 1.165) is 24.0 Å². The summed E-state index contributed by atoms with van der Waals surface area (Å²) in [7, 11) is 0. The molecule has 1 saturated carbocycles. The highest BCUT2D eigenvalue weighted by atomic mass is 16.7. The molecule has 1 fully saturated rings. The molecule has 0 radical (unpaired) electrons. The lowest BCUT2D eigenvalue weighted by atomic mass is 9.92. The summed E-state index contributed by atoms with van der Waals surface area (Å²) in [5.74, 6) is 1.77. The van der Waals surface area contributed by atoms with Gasteiger partial charge in [0.25, 0.3) is 0 Å². The molecular formula is C15H21NO2. The lowest BCUT2D eigenvalue weighted by Gasteiger charge is -2.30. The van der Waals surface area contributed by atoms with Crippen molar-refractivity contribution in [2.24, 2.45) is 0 Å². The van der Waals surface area contributed by atoms with E-state index >= 15 is 0 Å². The largest absolute Gasteiger partial charge is 0.454 e. The summed E-state index contributed by atoms with van der Waals surface area (Å²) < 4.78 is 10.7. The van der Waals surface area contributed by atoms with Crippen LogP contribution in [0.2, 0.25) is 0 Å². The van der Waals surface area contributed by atoms with Gasteiger partial charge in [0, 0.05) is 12.1 Å². The number of hydrogen-bond donors (Lipinski definition) is 1. The topological polar surface area (TPSA) is 30.5 Å². The van der Waals surface area contributed by atoms with Crippen LogP contribution in [0.1, 0.15) is 38.2 Å². The number of rotatable bonds is 5. The molecule has 3 heteroatoms. The predicted octanol–water partition coefficient (Wildman–Crippen LogP) is 2.88. The molecule has 0 spiro atoms. The maximum absolute atomic E-state index is 5.40. The van der Waals surface area contributed by atoms with E-state index in [1.54, 1.807) is 0 Å².